The normalized spacial score (nSPS) is 21.7. The van der Waals surface area contributed by atoms with Gasteiger partial charge < -0.3 is 10.1 Å². The van der Waals surface area contributed by atoms with Gasteiger partial charge in [0.2, 0.25) is 0 Å². The summed E-state index contributed by atoms with van der Waals surface area (Å²) in [7, 11) is 0. The van der Waals surface area contributed by atoms with E-state index in [9.17, 15) is 8.78 Å². The van der Waals surface area contributed by atoms with E-state index in [4.69, 9.17) is 4.74 Å². The Kier molecular flexibility index (Phi) is 3.33. The van der Waals surface area contributed by atoms with E-state index in [0.29, 0.717) is 18.7 Å². The van der Waals surface area contributed by atoms with Crippen LogP contribution in [0.5, 0.6) is 0 Å². The van der Waals surface area contributed by atoms with Crippen LogP contribution in [0.4, 0.5) is 8.78 Å². The number of halogens is 3. The zero-order valence-corrected chi connectivity index (χ0v) is 9.48. The SMILES string of the molecule is Fc1cc(F)c(Br)c(C2CNCCO2)c1. The summed E-state index contributed by atoms with van der Waals surface area (Å²) >= 11 is 3.10. The van der Waals surface area contributed by atoms with Gasteiger partial charge in [-0.25, -0.2) is 8.78 Å². The van der Waals surface area contributed by atoms with Crippen LogP contribution in [0, 0.1) is 11.6 Å². The van der Waals surface area contributed by atoms with Gasteiger partial charge in [-0.1, -0.05) is 0 Å². The van der Waals surface area contributed by atoms with Gasteiger partial charge in [0.15, 0.2) is 0 Å². The lowest BCUT2D eigenvalue weighted by Crippen LogP contribution is -2.33. The standard InChI is InChI=1S/C10H10BrF2NO/c11-10-7(3-6(12)4-8(10)13)9-5-14-1-2-15-9/h3-4,9,14H,1-2,5H2. The van der Waals surface area contributed by atoms with Gasteiger partial charge >= 0.3 is 0 Å². The van der Waals surface area contributed by atoms with Gasteiger partial charge in [0, 0.05) is 24.7 Å². The molecule has 0 aliphatic carbocycles. The molecule has 2 rings (SSSR count). The van der Waals surface area contributed by atoms with E-state index in [1.807, 2.05) is 0 Å². The molecule has 1 aromatic carbocycles. The highest BCUT2D eigenvalue weighted by atomic mass is 79.9. The van der Waals surface area contributed by atoms with E-state index in [2.05, 4.69) is 21.2 Å². The zero-order valence-electron chi connectivity index (χ0n) is 7.90. The maximum Gasteiger partial charge on any atom is 0.140 e. The molecule has 2 nitrogen and oxygen atoms in total. The molecule has 1 aliphatic heterocycles. The summed E-state index contributed by atoms with van der Waals surface area (Å²) in [5, 5.41) is 3.11. The van der Waals surface area contributed by atoms with Gasteiger partial charge in [0.1, 0.15) is 11.6 Å². The molecule has 1 fully saturated rings. The lowest BCUT2D eigenvalue weighted by molar-refractivity contribution is 0.0268. The van der Waals surface area contributed by atoms with Crippen molar-refractivity contribution in [1.82, 2.24) is 5.32 Å². The van der Waals surface area contributed by atoms with Crippen LogP contribution in [0.2, 0.25) is 0 Å². The first-order valence-electron chi connectivity index (χ1n) is 4.65. The lowest BCUT2D eigenvalue weighted by atomic mass is 10.1. The van der Waals surface area contributed by atoms with Gasteiger partial charge in [-0.3, -0.25) is 0 Å². The quantitative estimate of drug-likeness (QED) is 0.796. The van der Waals surface area contributed by atoms with Crippen LogP contribution >= 0.6 is 15.9 Å². The fourth-order valence-corrected chi connectivity index (χ4v) is 2.06. The molecule has 1 N–H and O–H groups in total. The van der Waals surface area contributed by atoms with Crippen molar-refractivity contribution in [2.24, 2.45) is 0 Å². The molecule has 1 atom stereocenters. The predicted octanol–water partition coefficient (Wildman–Crippen LogP) is 2.39. The summed E-state index contributed by atoms with van der Waals surface area (Å²) in [6.45, 7) is 1.89. The Morgan fingerprint density at radius 2 is 2.20 bits per heavy atom. The molecule has 5 heteroatoms. The average molecular weight is 278 g/mol. The molecule has 1 unspecified atom stereocenters. The smallest absolute Gasteiger partial charge is 0.140 e. The highest BCUT2D eigenvalue weighted by Crippen LogP contribution is 2.29. The second-order valence-corrected chi connectivity index (χ2v) is 4.15. The monoisotopic (exact) mass is 277 g/mol. The molecule has 0 amide bonds. The number of morpholine rings is 1. The van der Waals surface area contributed by atoms with Gasteiger partial charge in [0.25, 0.3) is 0 Å². The van der Waals surface area contributed by atoms with Crippen LogP contribution in [0.1, 0.15) is 11.7 Å². The second-order valence-electron chi connectivity index (χ2n) is 3.35. The number of ether oxygens (including phenoxy) is 1. The van der Waals surface area contributed by atoms with E-state index in [1.54, 1.807) is 0 Å². The zero-order chi connectivity index (χ0) is 10.8. The molecule has 0 aromatic heterocycles. The topological polar surface area (TPSA) is 21.3 Å². The van der Waals surface area contributed by atoms with Crippen LogP contribution in [-0.2, 0) is 4.74 Å². The van der Waals surface area contributed by atoms with Gasteiger partial charge in [-0.05, 0) is 22.0 Å². The highest BCUT2D eigenvalue weighted by molar-refractivity contribution is 9.10. The molecule has 0 spiro atoms. The van der Waals surface area contributed by atoms with Crippen molar-refractivity contribution < 1.29 is 13.5 Å². The van der Waals surface area contributed by atoms with E-state index in [1.165, 1.54) is 6.07 Å². The van der Waals surface area contributed by atoms with E-state index >= 15 is 0 Å². The largest absolute Gasteiger partial charge is 0.371 e. The fraction of sp³-hybridized carbons (Fsp3) is 0.400. The summed E-state index contributed by atoms with van der Waals surface area (Å²) in [6, 6.07) is 2.15. The lowest BCUT2D eigenvalue weighted by Gasteiger charge is -2.24. The minimum atomic E-state index is -0.598. The van der Waals surface area contributed by atoms with Gasteiger partial charge in [-0.15, -0.1) is 0 Å². The second kappa shape index (κ2) is 4.55. The number of hydrogen-bond donors (Lipinski definition) is 1. The summed E-state index contributed by atoms with van der Waals surface area (Å²) in [5.41, 5.74) is 0.514. The fourth-order valence-electron chi connectivity index (χ4n) is 1.58. The Balaban J connectivity index is 2.33. The Labute approximate surface area is 94.7 Å². The molecular weight excluding hydrogens is 268 g/mol. The van der Waals surface area contributed by atoms with E-state index in [0.717, 1.165) is 12.6 Å². The first-order chi connectivity index (χ1) is 7.18. The number of benzene rings is 1. The van der Waals surface area contributed by atoms with Crippen LogP contribution in [0.15, 0.2) is 16.6 Å². The van der Waals surface area contributed by atoms with Gasteiger partial charge in [0.05, 0.1) is 17.2 Å². The van der Waals surface area contributed by atoms with Crippen LogP contribution in [-0.4, -0.2) is 19.7 Å². The summed E-state index contributed by atoms with van der Waals surface area (Å²) < 4.78 is 32.0. The van der Waals surface area contributed by atoms with Crippen LogP contribution < -0.4 is 5.32 Å². The average Bonchev–Trinajstić information content (AvgIpc) is 2.24. The van der Waals surface area contributed by atoms with Crippen LogP contribution in [0.3, 0.4) is 0 Å². The van der Waals surface area contributed by atoms with Crippen LogP contribution in [0.25, 0.3) is 0 Å². The predicted molar refractivity (Wildman–Crippen MR) is 55.6 cm³/mol. The highest BCUT2D eigenvalue weighted by Gasteiger charge is 2.20. The minimum absolute atomic E-state index is 0.276. The Morgan fingerprint density at radius 3 is 2.87 bits per heavy atom. The first-order valence-corrected chi connectivity index (χ1v) is 5.44. The number of hydrogen-bond acceptors (Lipinski definition) is 2. The number of rotatable bonds is 1. The van der Waals surface area contributed by atoms with Crippen molar-refractivity contribution in [3.05, 3.63) is 33.8 Å². The minimum Gasteiger partial charge on any atom is -0.371 e. The molecule has 0 radical (unpaired) electrons. The third kappa shape index (κ3) is 2.35. The molecule has 0 saturated carbocycles. The third-order valence-electron chi connectivity index (χ3n) is 2.30. The summed E-state index contributed by atoms with van der Waals surface area (Å²) in [5.74, 6) is -1.18. The first kappa shape index (κ1) is 11.0. The maximum absolute atomic E-state index is 13.2. The Morgan fingerprint density at radius 1 is 1.40 bits per heavy atom. The van der Waals surface area contributed by atoms with Crippen molar-refractivity contribution in [3.8, 4) is 0 Å². The Hall–Kier alpha value is -0.520. The Bertz CT molecular complexity index is 367. The van der Waals surface area contributed by atoms with E-state index < -0.39 is 11.6 Å². The molecular formula is C10H10BrF2NO. The van der Waals surface area contributed by atoms with Crippen molar-refractivity contribution in [2.75, 3.05) is 19.7 Å². The van der Waals surface area contributed by atoms with Crippen molar-refractivity contribution in [2.45, 2.75) is 6.10 Å². The molecule has 1 heterocycles. The van der Waals surface area contributed by atoms with Crippen molar-refractivity contribution in [1.29, 1.82) is 0 Å². The summed E-state index contributed by atoms with van der Waals surface area (Å²) in [6.07, 6.45) is -0.293. The van der Waals surface area contributed by atoms with Crippen molar-refractivity contribution in [3.63, 3.8) is 0 Å². The molecule has 0 bridgehead atoms. The van der Waals surface area contributed by atoms with Gasteiger partial charge in [-0.2, -0.15) is 0 Å². The molecule has 1 aliphatic rings. The third-order valence-corrected chi connectivity index (χ3v) is 3.13. The molecule has 15 heavy (non-hydrogen) atoms. The van der Waals surface area contributed by atoms with E-state index in [-0.39, 0.29) is 10.6 Å². The maximum atomic E-state index is 13.2. The molecule has 82 valence electrons. The molecule has 1 aromatic rings. The van der Waals surface area contributed by atoms with Crippen molar-refractivity contribution >= 4 is 15.9 Å². The number of nitrogens with one attached hydrogen (secondary N) is 1. The molecule has 1 saturated heterocycles. The summed E-state index contributed by atoms with van der Waals surface area (Å²) in [4.78, 5) is 0.